The molecule has 0 bridgehead atoms. The number of hydrogen-bond donors (Lipinski definition) is 1. The van der Waals surface area contributed by atoms with Crippen molar-refractivity contribution in [1.29, 1.82) is 0 Å². The highest BCUT2D eigenvalue weighted by Crippen LogP contribution is 2.23. The highest BCUT2D eigenvalue weighted by Gasteiger charge is 2.16. The van der Waals surface area contributed by atoms with E-state index >= 15 is 0 Å². The number of carboxylic acids is 1. The molecule has 1 N–H and O–H groups in total. The summed E-state index contributed by atoms with van der Waals surface area (Å²) < 4.78 is 23.9. The summed E-state index contributed by atoms with van der Waals surface area (Å²) in [6.45, 7) is 0.0876. The first-order valence-corrected chi connectivity index (χ1v) is 7.91. The second-order valence-corrected chi connectivity index (χ2v) is 7.02. The summed E-state index contributed by atoms with van der Waals surface area (Å²) in [6.07, 6.45) is 1.12. The third kappa shape index (κ3) is 3.08. The van der Waals surface area contributed by atoms with E-state index in [1.165, 1.54) is 10.6 Å². The van der Waals surface area contributed by atoms with Crippen molar-refractivity contribution in [1.82, 2.24) is 4.57 Å². The third-order valence-electron chi connectivity index (χ3n) is 2.77. The molecule has 2 rings (SSSR count). The highest BCUT2D eigenvalue weighted by molar-refractivity contribution is 7.90. The summed E-state index contributed by atoms with van der Waals surface area (Å²) in [5.41, 5.74) is 0.675. The standard InChI is InChI=1S/C12H12ClNO4S/c1-19(17,18)5-4-14-10-7-9(13)3-2-8(10)6-11(14)12(15)16/h2-3,6-7H,4-5H2,1H3,(H,15,16). The van der Waals surface area contributed by atoms with E-state index in [2.05, 4.69) is 0 Å². The zero-order valence-electron chi connectivity index (χ0n) is 10.1. The molecule has 1 heterocycles. The van der Waals surface area contributed by atoms with E-state index in [1.807, 2.05) is 0 Å². The summed E-state index contributed by atoms with van der Waals surface area (Å²) in [4.78, 5) is 11.2. The molecule has 0 spiro atoms. The van der Waals surface area contributed by atoms with E-state index in [9.17, 15) is 13.2 Å². The van der Waals surface area contributed by atoms with Crippen LogP contribution in [0.5, 0.6) is 0 Å². The Morgan fingerprint density at radius 3 is 2.63 bits per heavy atom. The number of aromatic nitrogens is 1. The van der Waals surface area contributed by atoms with Gasteiger partial charge in [0.1, 0.15) is 15.5 Å². The fourth-order valence-corrected chi connectivity index (χ4v) is 2.58. The minimum absolute atomic E-state index is 0.0564. The summed E-state index contributed by atoms with van der Waals surface area (Å²) in [6, 6.07) is 6.51. The molecular formula is C12H12ClNO4S. The van der Waals surface area contributed by atoms with Gasteiger partial charge in [0.25, 0.3) is 0 Å². The van der Waals surface area contributed by atoms with Gasteiger partial charge in [-0.1, -0.05) is 17.7 Å². The van der Waals surface area contributed by atoms with Crippen molar-refractivity contribution in [2.45, 2.75) is 6.54 Å². The maximum absolute atomic E-state index is 11.2. The Kier molecular flexibility index (Phi) is 3.56. The SMILES string of the molecule is CS(=O)(=O)CCn1c(C(=O)O)cc2ccc(Cl)cc21. The lowest BCUT2D eigenvalue weighted by Gasteiger charge is -2.07. The van der Waals surface area contributed by atoms with Gasteiger partial charge in [-0.3, -0.25) is 0 Å². The van der Waals surface area contributed by atoms with Gasteiger partial charge < -0.3 is 9.67 Å². The van der Waals surface area contributed by atoms with E-state index in [1.54, 1.807) is 18.2 Å². The Morgan fingerprint density at radius 1 is 1.37 bits per heavy atom. The minimum atomic E-state index is -3.17. The number of halogens is 1. The Morgan fingerprint density at radius 2 is 2.05 bits per heavy atom. The molecule has 0 radical (unpaired) electrons. The number of fused-ring (bicyclic) bond motifs is 1. The molecule has 102 valence electrons. The Hall–Kier alpha value is -1.53. The first-order chi connectivity index (χ1) is 8.78. The molecule has 0 saturated heterocycles. The van der Waals surface area contributed by atoms with Gasteiger partial charge in [-0.25, -0.2) is 13.2 Å². The van der Waals surface area contributed by atoms with E-state index in [-0.39, 0.29) is 18.0 Å². The predicted molar refractivity (Wildman–Crippen MR) is 73.6 cm³/mol. The number of aryl methyl sites for hydroxylation is 1. The first-order valence-electron chi connectivity index (χ1n) is 5.48. The minimum Gasteiger partial charge on any atom is -0.477 e. The maximum atomic E-state index is 11.2. The average Bonchev–Trinajstić information content (AvgIpc) is 2.63. The van der Waals surface area contributed by atoms with Gasteiger partial charge >= 0.3 is 5.97 Å². The lowest BCUT2D eigenvalue weighted by atomic mass is 10.2. The predicted octanol–water partition coefficient (Wildman–Crippen LogP) is 2.04. The van der Waals surface area contributed by atoms with Crippen LogP contribution in [0.3, 0.4) is 0 Å². The van der Waals surface area contributed by atoms with Gasteiger partial charge in [0.05, 0.1) is 11.3 Å². The van der Waals surface area contributed by atoms with Crippen LogP contribution in [0.15, 0.2) is 24.3 Å². The van der Waals surface area contributed by atoms with Crippen LogP contribution >= 0.6 is 11.6 Å². The third-order valence-corrected chi connectivity index (χ3v) is 3.93. The maximum Gasteiger partial charge on any atom is 0.352 e. The molecule has 5 nitrogen and oxygen atoms in total. The quantitative estimate of drug-likeness (QED) is 0.937. The van der Waals surface area contributed by atoms with Crippen molar-refractivity contribution in [3.05, 3.63) is 35.0 Å². The number of hydrogen-bond acceptors (Lipinski definition) is 3. The Labute approximate surface area is 115 Å². The molecule has 0 atom stereocenters. The van der Waals surface area contributed by atoms with Gasteiger partial charge in [0.2, 0.25) is 0 Å². The second kappa shape index (κ2) is 4.86. The number of benzene rings is 1. The molecule has 0 fully saturated rings. The number of rotatable bonds is 4. The van der Waals surface area contributed by atoms with E-state index < -0.39 is 15.8 Å². The lowest BCUT2D eigenvalue weighted by molar-refractivity contribution is 0.0686. The summed E-state index contributed by atoms with van der Waals surface area (Å²) >= 11 is 5.89. The fraction of sp³-hybridized carbons (Fsp3) is 0.250. The number of sulfone groups is 1. The normalized spacial score (nSPS) is 11.9. The molecule has 0 amide bonds. The highest BCUT2D eigenvalue weighted by atomic mass is 35.5. The van der Waals surface area contributed by atoms with Crippen molar-refractivity contribution in [2.24, 2.45) is 0 Å². The molecule has 1 aromatic carbocycles. The molecule has 0 aliphatic carbocycles. The van der Waals surface area contributed by atoms with Gasteiger partial charge in [0, 0.05) is 23.2 Å². The van der Waals surface area contributed by atoms with Gasteiger partial charge in [-0.15, -0.1) is 0 Å². The van der Waals surface area contributed by atoms with Crippen molar-refractivity contribution in [3.63, 3.8) is 0 Å². The molecule has 0 aliphatic rings. The van der Waals surface area contributed by atoms with E-state index in [4.69, 9.17) is 16.7 Å². The average molecular weight is 302 g/mol. The monoisotopic (exact) mass is 301 g/mol. The fourth-order valence-electron chi connectivity index (χ4n) is 1.90. The largest absolute Gasteiger partial charge is 0.477 e. The first kappa shape index (κ1) is 13.9. The lowest BCUT2D eigenvalue weighted by Crippen LogP contribution is -2.15. The van der Waals surface area contributed by atoms with E-state index in [0.717, 1.165) is 11.6 Å². The second-order valence-electron chi connectivity index (χ2n) is 4.32. The molecule has 0 unspecified atom stereocenters. The Bertz CT molecular complexity index is 748. The number of carboxylic acid groups (broad SMARTS) is 1. The van der Waals surface area contributed by atoms with Crippen LogP contribution < -0.4 is 0 Å². The van der Waals surface area contributed by atoms with Crippen molar-refractivity contribution in [2.75, 3.05) is 12.0 Å². The molecule has 19 heavy (non-hydrogen) atoms. The van der Waals surface area contributed by atoms with E-state index in [0.29, 0.717) is 10.5 Å². The van der Waals surface area contributed by atoms with Crippen LogP contribution in [0.25, 0.3) is 10.9 Å². The van der Waals surface area contributed by atoms with Crippen molar-refractivity contribution in [3.8, 4) is 0 Å². The van der Waals surface area contributed by atoms with Crippen molar-refractivity contribution < 1.29 is 18.3 Å². The van der Waals surface area contributed by atoms with Crippen LogP contribution in [0.1, 0.15) is 10.5 Å². The van der Waals surface area contributed by atoms with Crippen LogP contribution in [0.2, 0.25) is 5.02 Å². The summed E-state index contributed by atoms with van der Waals surface area (Å²) in [7, 11) is -3.17. The van der Waals surface area contributed by atoms with Gasteiger partial charge in [-0.2, -0.15) is 0 Å². The zero-order chi connectivity index (χ0) is 14.2. The summed E-state index contributed by atoms with van der Waals surface area (Å²) in [5, 5.41) is 10.4. The molecule has 2 aromatic rings. The molecular weight excluding hydrogens is 290 g/mol. The smallest absolute Gasteiger partial charge is 0.352 e. The zero-order valence-corrected chi connectivity index (χ0v) is 11.7. The number of carbonyl (C=O) groups is 1. The molecule has 7 heteroatoms. The summed E-state index contributed by atoms with van der Waals surface area (Å²) in [5.74, 6) is -1.22. The topological polar surface area (TPSA) is 76.4 Å². The van der Waals surface area contributed by atoms with Crippen molar-refractivity contribution >= 4 is 38.3 Å². The van der Waals surface area contributed by atoms with Crippen LogP contribution in [0, 0.1) is 0 Å². The Balaban J connectivity index is 2.57. The molecule has 0 aliphatic heterocycles. The molecule has 1 aromatic heterocycles. The number of aromatic carboxylic acids is 1. The van der Waals surface area contributed by atoms with Gasteiger partial charge in [-0.05, 0) is 18.2 Å². The molecule has 0 saturated carbocycles. The van der Waals surface area contributed by atoms with Crippen LogP contribution in [-0.4, -0.2) is 36.1 Å². The van der Waals surface area contributed by atoms with Gasteiger partial charge in [0.15, 0.2) is 0 Å². The number of nitrogens with zero attached hydrogens (tertiary/aromatic N) is 1. The van der Waals surface area contributed by atoms with Crippen LogP contribution in [0.4, 0.5) is 0 Å². The van der Waals surface area contributed by atoms with Crippen LogP contribution in [-0.2, 0) is 16.4 Å².